The highest BCUT2D eigenvalue weighted by molar-refractivity contribution is 6.27. The minimum atomic E-state index is -1.82. The quantitative estimate of drug-likeness (QED) is 0.627. The van der Waals surface area contributed by atoms with Gasteiger partial charge in [0.25, 0.3) is 0 Å². The van der Waals surface area contributed by atoms with Crippen LogP contribution in [0.5, 0.6) is 5.75 Å². The molecule has 2 heterocycles. The van der Waals surface area contributed by atoms with Gasteiger partial charge in [-0.3, -0.25) is 9.69 Å². The van der Waals surface area contributed by atoms with Crippen LogP contribution < -0.4 is 4.74 Å². The third-order valence-electron chi connectivity index (χ3n) is 6.12. The van der Waals surface area contributed by atoms with Crippen molar-refractivity contribution in [3.05, 3.63) is 65.7 Å². The number of rotatable bonds is 6. The third kappa shape index (κ3) is 7.88. The second kappa shape index (κ2) is 12.7. The number of carbonyl (C=O) groups is 3. The Kier molecular flexibility index (Phi) is 9.46. The largest absolute Gasteiger partial charge is 0.489 e. The first-order chi connectivity index (χ1) is 16.4. The summed E-state index contributed by atoms with van der Waals surface area (Å²) in [5, 5.41) is 14.8. The van der Waals surface area contributed by atoms with E-state index >= 15 is 0 Å². The maximum Gasteiger partial charge on any atom is 0.414 e. The molecule has 0 spiro atoms. The van der Waals surface area contributed by atoms with Crippen LogP contribution in [0.3, 0.4) is 0 Å². The first kappa shape index (κ1) is 25.2. The molecule has 0 aliphatic carbocycles. The van der Waals surface area contributed by atoms with Crippen molar-refractivity contribution in [1.29, 1.82) is 0 Å². The van der Waals surface area contributed by atoms with Crippen LogP contribution in [-0.2, 0) is 27.5 Å². The van der Waals surface area contributed by atoms with Crippen molar-refractivity contribution < 1.29 is 29.3 Å². The average Bonchev–Trinajstić information content (AvgIpc) is 3.40. The van der Waals surface area contributed by atoms with E-state index in [0.717, 1.165) is 51.3 Å². The molecular formula is C26H32N2O6. The molecule has 2 fully saturated rings. The monoisotopic (exact) mass is 468 g/mol. The van der Waals surface area contributed by atoms with Gasteiger partial charge >= 0.3 is 11.9 Å². The molecular weight excluding hydrogens is 436 g/mol. The number of piperidine rings is 1. The Hall–Kier alpha value is -3.39. The number of aliphatic carboxylic acids is 2. The zero-order valence-electron chi connectivity index (χ0n) is 19.3. The van der Waals surface area contributed by atoms with E-state index in [1.807, 2.05) is 18.2 Å². The number of hydrogen-bond acceptors (Lipinski definition) is 5. The van der Waals surface area contributed by atoms with Gasteiger partial charge in [0.15, 0.2) is 0 Å². The van der Waals surface area contributed by atoms with Gasteiger partial charge in [-0.1, -0.05) is 42.5 Å². The van der Waals surface area contributed by atoms with Gasteiger partial charge < -0.3 is 19.8 Å². The number of amides is 1. The summed E-state index contributed by atoms with van der Waals surface area (Å²) in [5.74, 6) is -2.10. The molecule has 1 amide bonds. The standard InChI is InChI=1S/C24H30N2O2.C2H2O4/c27-24(26-14-4-5-15-26)22-12-16-25(17-13-22)18-20-8-10-23(11-9-20)28-19-21-6-2-1-3-7-21;3-1(4)2(5)6/h1-3,6-11,22H,4-5,12-19H2;(H,3,4)(H,5,6). The molecule has 2 aromatic rings. The van der Waals surface area contributed by atoms with Crippen LogP contribution in [0.15, 0.2) is 54.6 Å². The van der Waals surface area contributed by atoms with Gasteiger partial charge in [-0.25, -0.2) is 9.59 Å². The summed E-state index contributed by atoms with van der Waals surface area (Å²) in [6.07, 6.45) is 4.34. The summed E-state index contributed by atoms with van der Waals surface area (Å²) >= 11 is 0. The molecule has 2 aliphatic rings. The van der Waals surface area contributed by atoms with Gasteiger partial charge in [-0.15, -0.1) is 0 Å². The lowest BCUT2D eigenvalue weighted by atomic mass is 9.95. The summed E-state index contributed by atoms with van der Waals surface area (Å²) in [4.78, 5) is 35.3. The number of benzene rings is 2. The number of likely N-dealkylation sites (tertiary alicyclic amines) is 2. The van der Waals surface area contributed by atoms with E-state index in [9.17, 15) is 4.79 Å². The Balaban J connectivity index is 0.000000481. The number of carbonyl (C=O) groups excluding carboxylic acids is 1. The Bertz CT molecular complexity index is 922. The van der Waals surface area contributed by atoms with Crippen LogP contribution in [0, 0.1) is 5.92 Å². The predicted molar refractivity (Wildman–Crippen MR) is 126 cm³/mol. The van der Waals surface area contributed by atoms with Crippen molar-refractivity contribution in [3.8, 4) is 5.75 Å². The lowest BCUT2D eigenvalue weighted by Crippen LogP contribution is -2.41. The Morgan fingerprint density at radius 1 is 0.794 bits per heavy atom. The van der Waals surface area contributed by atoms with Crippen LogP contribution in [-0.4, -0.2) is 64.0 Å². The summed E-state index contributed by atoms with van der Waals surface area (Å²) < 4.78 is 5.87. The van der Waals surface area contributed by atoms with Crippen LogP contribution in [0.1, 0.15) is 36.8 Å². The number of nitrogens with zero attached hydrogens (tertiary/aromatic N) is 2. The first-order valence-electron chi connectivity index (χ1n) is 11.7. The van der Waals surface area contributed by atoms with Crippen LogP contribution in [0.4, 0.5) is 0 Å². The maximum absolute atomic E-state index is 12.6. The van der Waals surface area contributed by atoms with Crippen LogP contribution >= 0.6 is 0 Å². The highest BCUT2D eigenvalue weighted by Gasteiger charge is 2.29. The summed E-state index contributed by atoms with van der Waals surface area (Å²) in [6.45, 7) is 5.50. The van der Waals surface area contributed by atoms with Gasteiger partial charge in [-0.2, -0.15) is 0 Å². The molecule has 8 heteroatoms. The molecule has 34 heavy (non-hydrogen) atoms. The molecule has 0 aromatic heterocycles. The van der Waals surface area contributed by atoms with Crippen LogP contribution in [0.2, 0.25) is 0 Å². The number of carboxylic acids is 2. The van der Waals surface area contributed by atoms with Crippen molar-refractivity contribution in [3.63, 3.8) is 0 Å². The molecule has 0 atom stereocenters. The van der Waals surface area contributed by atoms with Gasteiger partial charge in [0.1, 0.15) is 12.4 Å². The SMILES string of the molecule is O=C(C1CCN(Cc2ccc(OCc3ccccc3)cc2)CC1)N1CCCC1.O=C(O)C(=O)O. The summed E-state index contributed by atoms with van der Waals surface area (Å²) in [6, 6.07) is 18.7. The fourth-order valence-electron chi connectivity index (χ4n) is 4.22. The van der Waals surface area contributed by atoms with Gasteiger partial charge in [-0.05, 0) is 62.0 Å². The maximum atomic E-state index is 12.6. The highest BCUT2D eigenvalue weighted by Crippen LogP contribution is 2.23. The molecule has 2 aliphatic heterocycles. The summed E-state index contributed by atoms with van der Waals surface area (Å²) in [5.41, 5.74) is 2.48. The molecule has 2 aromatic carbocycles. The van der Waals surface area contributed by atoms with E-state index in [2.05, 4.69) is 46.2 Å². The van der Waals surface area contributed by atoms with E-state index in [1.165, 1.54) is 24.0 Å². The molecule has 2 N–H and O–H groups in total. The van der Waals surface area contributed by atoms with Gasteiger partial charge in [0.05, 0.1) is 0 Å². The van der Waals surface area contributed by atoms with E-state index in [1.54, 1.807) is 0 Å². The Morgan fingerprint density at radius 3 is 1.94 bits per heavy atom. The molecule has 0 saturated carbocycles. The minimum absolute atomic E-state index is 0.239. The molecule has 8 nitrogen and oxygen atoms in total. The lowest BCUT2D eigenvalue weighted by molar-refractivity contribution is -0.159. The van der Waals surface area contributed by atoms with E-state index in [4.69, 9.17) is 24.5 Å². The Morgan fingerprint density at radius 2 is 1.38 bits per heavy atom. The number of ether oxygens (including phenoxy) is 1. The minimum Gasteiger partial charge on any atom is -0.489 e. The van der Waals surface area contributed by atoms with E-state index in [0.29, 0.717) is 12.5 Å². The van der Waals surface area contributed by atoms with Crippen molar-refractivity contribution in [2.24, 2.45) is 5.92 Å². The molecule has 2 saturated heterocycles. The summed E-state index contributed by atoms with van der Waals surface area (Å²) in [7, 11) is 0. The fourth-order valence-corrected chi connectivity index (χ4v) is 4.22. The van der Waals surface area contributed by atoms with Crippen molar-refractivity contribution >= 4 is 17.8 Å². The van der Waals surface area contributed by atoms with Gasteiger partial charge in [0.2, 0.25) is 5.91 Å². The Labute approximate surface area is 199 Å². The third-order valence-corrected chi connectivity index (χ3v) is 6.12. The molecule has 182 valence electrons. The second-order valence-electron chi connectivity index (χ2n) is 8.61. The highest BCUT2D eigenvalue weighted by atomic mass is 16.5. The van der Waals surface area contributed by atoms with E-state index in [-0.39, 0.29) is 5.92 Å². The number of hydrogen-bond donors (Lipinski definition) is 2. The molecule has 0 bridgehead atoms. The molecule has 4 rings (SSSR count). The predicted octanol–water partition coefficient (Wildman–Crippen LogP) is 3.26. The molecule has 0 unspecified atom stereocenters. The van der Waals surface area contributed by atoms with E-state index < -0.39 is 11.9 Å². The van der Waals surface area contributed by atoms with Crippen molar-refractivity contribution in [2.45, 2.75) is 38.8 Å². The topological polar surface area (TPSA) is 107 Å². The smallest absolute Gasteiger partial charge is 0.414 e. The number of carboxylic acid groups (broad SMARTS) is 2. The van der Waals surface area contributed by atoms with Crippen LogP contribution in [0.25, 0.3) is 0 Å². The van der Waals surface area contributed by atoms with Crippen molar-refractivity contribution in [2.75, 3.05) is 26.2 Å². The van der Waals surface area contributed by atoms with Gasteiger partial charge in [0, 0.05) is 25.6 Å². The lowest BCUT2D eigenvalue weighted by Gasteiger charge is -2.33. The first-order valence-corrected chi connectivity index (χ1v) is 11.7. The second-order valence-corrected chi connectivity index (χ2v) is 8.61. The zero-order valence-corrected chi connectivity index (χ0v) is 19.3. The normalized spacial score (nSPS) is 16.4. The molecule has 0 radical (unpaired) electrons. The fraction of sp³-hybridized carbons (Fsp3) is 0.423. The zero-order chi connectivity index (χ0) is 24.3. The average molecular weight is 469 g/mol. The van der Waals surface area contributed by atoms with Crippen molar-refractivity contribution in [1.82, 2.24) is 9.80 Å².